The van der Waals surface area contributed by atoms with E-state index in [0.29, 0.717) is 25.3 Å². The van der Waals surface area contributed by atoms with Gasteiger partial charge in [0.1, 0.15) is 5.82 Å². The zero-order valence-electron chi connectivity index (χ0n) is 17.8. The molecule has 2 aromatic carbocycles. The number of amides is 1. The van der Waals surface area contributed by atoms with Crippen molar-refractivity contribution in [1.82, 2.24) is 15.3 Å². The van der Waals surface area contributed by atoms with E-state index in [2.05, 4.69) is 70.4 Å². The van der Waals surface area contributed by atoms with Crippen molar-refractivity contribution < 1.29 is 9.53 Å². The summed E-state index contributed by atoms with van der Waals surface area (Å²) in [6.45, 7) is 8.23. The van der Waals surface area contributed by atoms with E-state index in [1.54, 1.807) is 0 Å². The minimum absolute atomic E-state index is 0.0693. The van der Waals surface area contributed by atoms with Gasteiger partial charge in [0.05, 0.1) is 24.2 Å². The smallest absolute Gasteiger partial charge is 0.220 e. The van der Waals surface area contributed by atoms with Gasteiger partial charge >= 0.3 is 0 Å². The Morgan fingerprint density at radius 2 is 1.87 bits per heavy atom. The van der Waals surface area contributed by atoms with Crippen LogP contribution in [0.2, 0.25) is 0 Å². The molecular weight excluding hydrogens is 376 g/mol. The molecule has 1 fully saturated rings. The highest BCUT2D eigenvalue weighted by Gasteiger charge is 2.11. The topological polar surface area (TPSA) is 70.2 Å². The predicted octanol–water partition coefficient (Wildman–Crippen LogP) is 3.77. The van der Waals surface area contributed by atoms with E-state index < -0.39 is 0 Å². The van der Waals surface area contributed by atoms with Crippen LogP contribution in [0, 0.1) is 0 Å². The normalized spacial score (nSPS) is 14.4. The number of H-pyrrole nitrogens is 1. The van der Waals surface area contributed by atoms with Crippen LogP contribution in [0.15, 0.2) is 42.5 Å². The first-order valence-corrected chi connectivity index (χ1v) is 10.8. The minimum Gasteiger partial charge on any atom is -0.378 e. The molecule has 3 aromatic rings. The van der Waals surface area contributed by atoms with Crippen LogP contribution >= 0.6 is 0 Å². The number of rotatable bonds is 7. The van der Waals surface area contributed by atoms with Crippen molar-refractivity contribution in [2.24, 2.45) is 0 Å². The molecule has 1 amide bonds. The first-order chi connectivity index (χ1) is 14.6. The summed E-state index contributed by atoms with van der Waals surface area (Å²) in [7, 11) is 0. The molecule has 0 saturated carbocycles. The number of aromatic nitrogens is 2. The van der Waals surface area contributed by atoms with Gasteiger partial charge in [-0.05, 0) is 41.8 Å². The molecule has 0 atom stereocenters. The summed E-state index contributed by atoms with van der Waals surface area (Å²) in [4.78, 5) is 22.6. The number of aryl methyl sites for hydroxylation is 1. The lowest BCUT2D eigenvalue weighted by Gasteiger charge is -2.28. The van der Waals surface area contributed by atoms with Gasteiger partial charge in [0, 0.05) is 37.7 Å². The lowest BCUT2D eigenvalue weighted by molar-refractivity contribution is -0.121. The quantitative estimate of drug-likeness (QED) is 0.627. The van der Waals surface area contributed by atoms with E-state index in [9.17, 15) is 4.79 Å². The van der Waals surface area contributed by atoms with Crippen LogP contribution in [0.5, 0.6) is 0 Å². The molecule has 0 unspecified atom stereocenters. The third-order valence-corrected chi connectivity index (χ3v) is 5.55. The van der Waals surface area contributed by atoms with E-state index >= 15 is 0 Å². The predicted molar refractivity (Wildman–Crippen MR) is 120 cm³/mol. The van der Waals surface area contributed by atoms with Crippen LogP contribution in [0.4, 0.5) is 5.69 Å². The number of carbonyl (C=O) groups excluding carboxylic acids is 1. The van der Waals surface area contributed by atoms with Gasteiger partial charge < -0.3 is 19.9 Å². The Labute approximate surface area is 177 Å². The number of aromatic amines is 1. The average Bonchev–Trinajstić information content (AvgIpc) is 3.21. The van der Waals surface area contributed by atoms with Gasteiger partial charge in [-0.15, -0.1) is 0 Å². The minimum atomic E-state index is 0.0693. The molecule has 2 heterocycles. The maximum Gasteiger partial charge on any atom is 0.220 e. The van der Waals surface area contributed by atoms with Crippen LogP contribution in [-0.2, 0) is 22.5 Å². The molecule has 1 aromatic heterocycles. The molecule has 1 aliphatic heterocycles. The maximum absolute atomic E-state index is 12.3. The van der Waals surface area contributed by atoms with Crippen molar-refractivity contribution in [3.8, 4) is 0 Å². The Balaban J connectivity index is 1.26. The second-order valence-corrected chi connectivity index (χ2v) is 8.17. The second-order valence-electron chi connectivity index (χ2n) is 8.17. The SMILES string of the molecule is CC(C)c1nc2ccc(CCC(=O)NCc3ccc(N4CCOCC4)cc3)cc2[nH]1. The highest BCUT2D eigenvalue weighted by atomic mass is 16.5. The summed E-state index contributed by atoms with van der Waals surface area (Å²) >= 11 is 0. The molecular formula is C24H30N4O2. The highest BCUT2D eigenvalue weighted by molar-refractivity contribution is 5.78. The van der Waals surface area contributed by atoms with Crippen LogP contribution in [-0.4, -0.2) is 42.2 Å². The summed E-state index contributed by atoms with van der Waals surface area (Å²) in [6.07, 6.45) is 1.19. The van der Waals surface area contributed by atoms with Gasteiger partial charge in [-0.1, -0.05) is 32.0 Å². The average molecular weight is 407 g/mol. The lowest BCUT2D eigenvalue weighted by atomic mass is 10.1. The number of benzene rings is 2. The Kier molecular flexibility index (Phi) is 6.33. The monoisotopic (exact) mass is 406 g/mol. The summed E-state index contributed by atoms with van der Waals surface area (Å²) in [5, 5.41) is 3.03. The summed E-state index contributed by atoms with van der Waals surface area (Å²) in [5.41, 5.74) is 5.49. The molecule has 30 heavy (non-hydrogen) atoms. The molecule has 0 bridgehead atoms. The third-order valence-electron chi connectivity index (χ3n) is 5.55. The fraction of sp³-hybridized carbons (Fsp3) is 0.417. The number of carbonyl (C=O) groups is 1. The number of fused-ring (bicyclic) bond motifs is 1. The van der Waals surface area contributed by atoms with Crippen LogP contribution in [0.25, 0.3) is 11.0 Å². The second kappa shape index (κ2) is 9.30. The number of imidazole rings is 1. The van der Waals surface area contributed by atoms with E-state index in [-0.39, 0.29) is 5.91 Å². The van der Waals surface area contributed by atoms with Gasteiger partial charge in [-0.2, -0.15) is 0 Å². The van der Waals surface area contributed by atoms with Crippen LogP contribution in [0.3, 0.4) is 0 Å². The largest absolute Gasteiger partial charge is 0.378 e. The van der Waals surface area contributed by atoms with Crippen LogP contribution < -0.4 is 10.2 Å². The maximum atomic E-state index is 12.3. The molecule has 1 aliphatic rings. The van der Waals surface area contributed by atoms with Gasteiger partial charge in [0.15, 0.2) is 0 Å². The summed E-state index contributed by atoms with van der Waals surface area (Å²) in [6, 6.07) is 14.6. The molecule has 6 nitrogen and oxygen atoms in total. The molecule has 2 N–H and O–H groups in total. The first-order valence-electron chi connectivity index (χ1n) is 10.8. The van der Waals surface area contributed by atoms with E-state index in [4.69, 9.17) is 4.74 Å². The van der Waals surface area contributed by atoms with Crippen molar-refractivity contribution in [2.45, 2.75) is 39.2 Å². The Hall–Kier alpha value is -2.86. The number of nitrogens with one attached hydrogen (secondary N) is 2. The van der Waals surface area contributed by atoms with E-state index in [0.717, 1.165) is 54.3 Å². The number of morpholine rings is 1. The molecule has 0 radical (unpaired) electrons. The van der Waals surface area contributed by atoms with Crippen molar-refractivity contribution in [2.75, 3.05) is 31.2 Å². The molecule has 6 heteroatoms. The van der Waals surface area contributed by atoms with Gasteiger partial charge in [-0.3, -0.25) is 4.79 Å². The molecule has 0 spiro atoms. The number of nitrogens with zero attached hydrogens (tertiary/aromatic N) is 2. The number of hydrogen-bond donors (Lipinski definition) is 2. The Bertz CT molecular complexity index is 988. The standard InChI is InChI=1S/C24H30N4O2/c1-17(2)24-26-21-9-5-18(15-22(21)27-24)6-10-23(29)25-16-19-3-7-20(8-4-19)28-11-13-30-14-12-28/h3-5,7-9,15,17H,6,10-14,16H2,1-2H3,(H,25,29)(H,26,27). The fourth-order valence-corrected chi connectivity index (χ4v) is 3.70. The Morgan fingerprint density at radius 1 is 1.13 bits per heavy atom. The highest BCUT2D eigenvalue weighted by Crippen LogP contribution is 2.19. The van der Waals surface area contributed by atoms with E-state index in [1.165, 1.54) is 5.69 Å². The zero-order chi connectivity index (χ0) is 20.9. The summed E-state index contributed by atoms with van der Waals surface area (Å²) in [5.74, 6) is 1.44. The van der Waals surface area contributed by atoms with Crippen molar-refractivity contribution in [3.05, 3.63) is 59.4 Å². The van der Waals surface area contributed by atoms with Crippen molar-refractivity contribution >= 4 is 22.6 Å². The summed E-state index contributed by atoms with van der Waals surface area (Å²) < 4.78 is 5.40. The number of anilines is 1. The van der Waals surface area contributed by atoms with Gasteiger partial charge in [0.25, 0.3) is 0 Å². The van der Waals surface area contributed by atoms with Gasteiger partial charge in [-0.25, -0.2) is 4.98 Å². The van der Waals surface area contributed by atoms with E-state index in [1.807, 2.05) is 6.07 Å². The van der Waals surface area contributed by atoms with Crippen LogP contribution in [0.1, 0.15) is 43.1 Å². The molecule has 4 rings (SSSR count). The van der Waals surface area contributed by atoms with Crippen molar-refractivity contribution in [3.63, 3.8) is 0 Å². The lowest BCUT2D eigenvalue weighted by Crippen LogP contribution is -2.36. The number of ether oxygens (including phenoxy) is 1. The fourth-order valence-electron chi connectivity index (χ4n) is 3.70. The third kappa shape index (κ3) is 5.00. The zero-order valence-corrected chi connectivity index (χ0v) is 17.8. The van der Waals surface area contributed by atoms with Crippen molar-refractivity contribution in [1.29, 1.82) is 0 Å². The first kappa shape index (κ1) is 20.4. The van der Waals surface area contributed by atoms with Gasteiger partial charge in [0.2, 0.25) is 5.91 Å². The number of hydrogen-bond acceptors (Lipinski definition) is 4. The molecule has 158 valence electrons. The molecule has 0 aliphatic carbocycles. The molecule has 1 saturated heterocycles. The Morgan fingerprint density at radius 3 is 2.60 bits per heavy atom.